The number of aryl methyl sites for hydroxylation is 1. The van der Waals surface area contributed by atoms with Gasteiger partial charge in [0.15, 0.2) is 11.6 Å². The second-order valence-electron chi connectivity index (χ2n) is 5.88. The standard InChI is InChI=1S/C17H14ClN5O3S/c1-2-3-16-19-20-17-22(16)21-13(9-27-17)15-7-6-14(26-15)11-5-4-10(23(24)25)8-12(11)18/h4-8H,2-3,9H2,1H3. The van der Waals surface area contributed by atoms with E-state index in [-0.39, 0.29) is 10.7 Å². The van der Waals surface area contributed by atoms with Gasteiger partial charge in [0.25, 0.3) is 5.69 Å². The summed E-state index contributed by atoms with van der Waals surface area (Å²) in [4.78, 5) is 10.4. The molecular weight excluding hydrogens is 390 g/mol. The summed E-state index contributed by atoms with van der Waals surface area (Å²) in [6, 6.07) is 7.90. The second kappa shape index (κ2) is 7.16. The van der Waals surface area contributed by atoms with E-state index in [0.29, 0.717) is 22.8 Å². The molecule has 0 fully saturated rings. The van der Waals surface area contributed by atoms with Gasteiger partial charge in [0.1, 0.15) is 11.5 Å². The molecule has 0 atom stereocenters. The number of hydrogen-bond acceptors (Lipinski definition) is 7. The lowest BCUT2D eigenvalue weighted by Crippen LogP contribution is -2.14. The van der Waals surface area contributed by atoms with Crippen molar-refractivity contribution in [1.29, 1.82) is 0 Å². The Hall–Kier alpha value is -2.65. The molecule has 0 spiro atoms. The molecule has 3 heterocycles. The van der Waals surface area contributed by atoms with Crippen molar-refractivity contribution < 1.29 is 9.34 Å². The largest absolute Gasteiger partial charge is 0.455 e. The number of nitro benzene ring substituents is 1. The molecule has 0 radical (unpaired) electrons. The van der Waals surface area contributed by atoms with Gasteiger partial charge in [-0.25, -0.2) is 0 Å². The molecular formula is C17H14ClN5O3S. The Labute approximate surface area is 163 Å². The SMILES string of the molecule is CCCc1nnc2n1N=C(c1ccc(-c3ccc([N+](=O)[O-])cc3Cl)o1)CS2. The second-order valence-corrected chi connectivity index (χ2v) is 7.23. The maximum atomic E-state index is 10.9. The molecule has 0 aliphatic carbocycles. The number of fused-ring (bicyclic) bond motifs is 1. The van der Waals surface area contributed by atoms with Gasteiger partial charge in [-0.15, -0.1) is 10.2 Å². The molecule has 3 aromatic rings. The molecule has 0 unspecified atom stereocenters. The van der Waals surface area contributed by atoms with Crippen LogP contribution in [0.1, 0.15) is 24.9 Å². The fourth-order valence-electron chi connectivity index (χ4n) is 2.72. The van der Waals surface area contributed by atoms with E-state index in [4.69, 9.17) is 16.0 Å². The molecule has 1 aromatic carbocycles. The molecule has 0 bridgehead atoms. The van der Waals surface area contributed by atoms with Crippen LogP contribution in [0.5, 0.6) is 0 Å². The van der Waals surface area contributed by atoms with E-state index in [0.717, 1.165) is 29.5 Å². The third kappa shape index (κ3) is 3.35. The summed E-state index contributed by atoms with van der Waals surface area (Å²) in [5.74, 6) is 2.59. The van der Waals surface area contributed by atoms with Crippen molar-refractivity contribution in [3.63, 3.8) is 0 Å². The summed E-state index contributed by atoms with van der Waals surface area (Å²) in [6.45, 7) is 2.08. The molecule has 1 aliphatic rings. The number of nitro groups is 1. The first-order chi connectivity index (χ1) is 13.1. The highest BCUT2D eigenvalue weighted by Crippen LogP contribution is 2.33. The van der Waals surface area contributed by atoms with Crippen molar-refractivity contribution in [2.45, 2.75) is 24.9 Å². The van der Waals surface area contributed by atoms with Gasteiger partial charge in [-0.2, -0.15) is 9.78 Å². The van der Waals surface area contributed by atoms with Crippen LogP contribution in [-0.2, 0) is 6.42 Å². The molecule has 0 saturated heterocycles. The molecule has 0 N–H and O–H groups in total. The van der Waals surface area contributed by atoms with Crippen LogP contribution in [0, 0.1) is 10.1 Å². The van der Waals surface area contributed by atoms with Crippen LogP contribution in [0.25, 0.3) is 11.3 Å². The van der Waals surface area contributed by atoms with Crippen molar-refractivity contribution in [2.75, 3.05) is 5.75 Å². The summed E-state index contributed by atoms with van der Waals surface area (Å²) in [5.41, 5.74) is 1.30. The van der Waals surface area contributed by atoms with Crippen LogP contribution < -0.4 is 0 Å². The van der Waals surface area contributed by atoms with E-state index < -0.39 is 4.92 Å². The lowest BCUT2D eigenvalue weighted by atomic mass is 10.1. The van der Waals surface area contributed by atoms with Crippen LogP contribution in [-0.4, -0.2) is 31.3 Å². The van der Waals surface area contributed by atoms with Crippen LogP contribution in [0.15, 0.2) is 45.0 Å². The van der Waals surface area contributed by atoms with Crippen molar-refractivity contribution in [2.24, 2.45) is 5.10 Å². The smallest absolute Gasteiger partial charge is 0.270 e. The van der Waals surface area contributed by atoms with Crippen molar-refractivity contribution in [3.8, 4) is 11.3 Å². The quantitative estimate of drug-likeness (QED) is 0.462. The first-order valence-corrected chi connectivity index (χ1v) is 9.62. The van der Waals surface area contributed by atoms with E-state index in [9.17, 15) is 10.1 Å². The highest BCUT2D eigenvalue weighted by atomic mass is 35.5. The van der Waals surface area contributed by atoms with E-state index in [1.807, 2.05) is 6.07 Å². The maximum Gasteiger partial charge on any atom is 0.270 e. The molecule has 27 heavy (non-hydrogen) atoms. The fourth-order valence-corrected chi connectivity index (χ4v) is 3.82. The van der Waals surface area contributed by atoms with E-state index in [1.54, 1.807) is 28.6 Å². The number of nitrogens with zero attached hydrogens (tertiary/aromatic N) is 5. The summed E-state index contributed by atoms with van der Waals surface area (Å²) in [6.07, 6.45) is 1.75. The summed E-state index contributed by atoms with van der Waals surface area (Å²) in [7, 11) is 0. The van der Waals surface area contributed by atoms with Gasteiger partial charge >= 0.3 is 0 Å². The molecule has 0 amide bonds. The number of benzene rings is 1. The number of furan rings is 1. The van der Waals surface area contributed by atoms with Gasteiger partial charge in [0.2, 0.25) is 5.16 Å². The zero-order valence-electron chi connectivity index (χ0n) is 14.3. The Morgan fingerprint density at radius 3 is 2.85 bits per heavy atom. The van der Waals surface area contributed by atoms with Crippen molar-refractivity contribution in [1.82, 2.24) is 14.9 Å². The number of aromatic nitrogens is 3. The number of halogens is 1. The predicted octanol–water partition coefficient (Wildman–Crippen LogP) is 4.41. The van der Waals surface area contributed by atoms with E-state index in [2.05, 4.69) is 22.2 Å². The Bertz CT molecular complexity index is 1060. The molecule has 0 saturated carbocycles. The van der Waals surface area contributed by atoms with Crippen LogP contribution >= 0.6 is 23.4 Å². The summed E-state index contributed by atoms with van der Waals surface area (Å²) < 4.78 is 7.69. The Morgan fingerprint density at radius 2 is 2.11 bits per heavy atom. The molecule has 8 nitrogen and oxygen atoms in total. The lowest BCUT2D eigenvalue weighted by Gasteiger charge is -2.12. The van der Waals surface area contributed by atoms with Gasteiger partial charge in [0.05, 0.1) is 9.95 Å². The predicted molar refractivity (Wildman–Crippen MR) is 102 cm³/mol. The minimum atomic E-state index is -0.484. The topological polar surface area (TPSA) is 99.3 Å². The third-order valence-corrected chi connectivity index (χ3v) is 5.27. The molecule has 4 rings (SSSR count). The Kier molecular flexibility index (Phi) is 4.71. The third-order valence-electron chi connectivity index (χ3n) is 4.03. The van der Waals surface area contributed by atoms with E-state index >= 15 is 0 Å². The first-order valence-electron chi connectivity index (χ1n) is 8.26. The number of thioether (sulfide) groups is 1. The number of hydrogen-bond donors (Lipinski definition) is 0. The van der Waals surface area contributed by atoms with Crippen molar-refractivity contribution in [3.05, 3.63) is 57.1 Å². The lowest BCUT2D eigenvalue weighted by molar-refractivity contribution is -0.384. The number of non-ortho nitro benzene ring substituents is 1. The van der Waals surface area contributed by atoms with Crippen LogP contribution in [0.4, 0.5) is 5.69 Å². The Balaban J connectivity index is 1.66. The molecule has 10 heteroatoms. The fraction of sp³-hybridized carbons (Fsp3) is 0.235. The molecule has 1 aliphatic heterocycles. The molecule has 138 valence electrons. The highest BCUT2D eigenvalue weighted by molar-refractivity contribution is 7.99. The number of rotatable bonds is 5. The van der Waals surface area contributed by atoms with Gasteiger partial charge in [-0.3, -0.25) is 10.1 Å². The first kappa shape index (κ1) is 17.7. The summed E-state index contributed by atoms with van der Waals surface area (Å²) in [5, 5.41) is 24.9. The van der Waals surface area contributed by atoms with Crippen molar-refractivity contribution >= 4 is 34.8 Å². The normalized spacial score (nSPS) is 13.3. The Morgan fingerprint density at radius 1 is 1.30 bits per heavy atom. The highest BCUT2D eigenvalue weighted by Gasteiger charge is 2.22. The minimum Gasteiger partial charge on any atom is -0.455 e. The van der Waals surface area contributed by atoms with Gasteiger partial charge in [-0.05, 0) is 24.6 Å². The van der Waals surface area contributed by atoms with Crippen LogP contribution in [0.2, 0.25) is 5.02 Å². The van der Waals surface area contributed by atoms with Gasteiger partial charge in [0, 0.05) is 29.9 Å². The molecule has 2 aromatic heterocycles. The zero-order chi connectivity index (χ0) is 19.0. The van der Waals surface area contributed by atoms with Gasteiger partial charge in [-0.1, -0.05) is 30.3 Å². The average Bonchev–Trinajstić information content (AvgIpc) is 3.29. The monoisotopic (exact) mass is 403 g/mol. The zero-order valence-corrected chi connectivity index (χ0v) is 15.8. The van der Waals surface area contributed by atoms with E-state index in [1.165, 1.54) is 12.1 Å². The maximum absolute atomic E-state index is 10.9. The minimum absolute atomic E-state index is 0.0628. The summed E-state index contributed by atoms with van der Waals surface area (Å²) >= 11 is 7.74. The van der Waals surface area contributed by atoms with Crippen LogP contribution in [0.3, 0.4) is 0 Å². The van der Waals surface area contributed by atoms with Gasteiger partial charge < -0.3 is 4.42 Å². The average molecular weight is 404 g/mol.